The minimum absolute atomic E-state index is 0.504. The lowest BCUT2D eigenvalue weighted by Crippen LogP contribution is -2.46. The fourth-order valence-electron chi connectivity index (χ4n) is 5.46. The van der Waals surface area contributed by atoms with Gasteiger partial charge in [0.1, 0.15) is 0 Å². The largest absolute Gasteiger partial charge is 0.372 e. The first-order valence-corrected chi connectivity index (χ1v) is 11.8. The monoisotopic (exact) mass is 394 g/mol. The first-order valence-electron chi connectivity index (χ1n) is 11.8. The summed E-state index contributed by atoms with van der Waals surface area (Å²) in [5.74, 6) is 0.694. The fraction of sp³-hybridized carbons (Fsp3) is 0.720. The van der Waals surface area contributed by atoms with E-state index in [2.05, 4.69) is 52.8 Å². The Kier molecular flexibility index (Phi) is 6.35. The number of nitrogens with zero attached hydrogens (tertiary/aromatic N) is 4. The summed E-state index contributed by atoms with van der Waals surface area (Å²) in [6.45, 7) is 11.9. The van der Waals surface area contributed by atoms with Crippen LogP contribution in [0.5, 0.6) is 0 Å². The second-order valence-electron chi connectivity index (χ2n) is 10.2. The molecule has 4 nitrogen and oxygen atoms in total. The van der Waals surface area contributed by atoms with Gasteiger partial charge >= 0.3 is 0 Å². The molecule has 158 valence electrons. The highest BCUT2D eigenvalue weighted by atomic mass is 15.3. The molecule has 0 bridgehead atoms. The number of nitriles is 1. The van der Waals surface area contributed by atoms with E-state index in [0.29, 0.717) is 17.9 Å². The fourth-order valence-corrected chi connectivity index (χ4v) is 5.46. The van der Waals surface area contributed by atoms with E-state index in [9.17, 15) is 0 Å². The molecule has 1 aliphatic carbocycles. The van der Waals surface area contributed by atoms with Gasteiger partial charge in [0, 0.05) is 50.6 Å². The van der Waals surface area contributed by atoms with Gasteiger partial charge in [-0.15, -0.1) is 0 Å². The van der Waals surface area contributed by atoms with E-state index >= 15 is 0 Å². The number of anilines is 2. The van der Waals surface area contributed by atoms with Gasteiger partial charge in [-0.25, -0.2) is 0 Å². The van der Waals surface area contributed by atoms with Crippen LogP contribution in [-0.4, -0.2) is 50.7 Å². The van der Waals surface area contributed by atoms with Crippen LogP contribution in [0.2, 0.25) is 0 Å². The molecule has 0 radical (unpaired) electrons. The molecule has 3 aliphatic rings. The molecular formula is C25H38N4. The zero-order valence-corrected chi connectivity index (χ0v) is 18.5. The van der Waals surface area contributed by atoms with Crippen LogP contribution in [0.1, 0.15) is 70.3 Å². The van der Waals surface area contributed by atoms with E-state index in [1.807, 2.05) is 0 Å². The first-order chi connectivity index (χ1) is 14.1. The Balaban J connectivity index is 1.57. The Labute approximate surface area is 177 Å². The summed E-state index contributed by atoms with van der Waals surface area (Å²) in [6.07, 6.45) is 9.34. The van der Waals surface area contributed by atoms with Crippen molar-refractivity contribution in [3.8, 4) is 6.07 Å². The number of piperazine rings is 1. The summed E-state index contributed by atoms with van der Waals surface area (Å²) in [5.41, 5.74) is 5.00. The van der Waals surface area contributed by atoms with E-state index in [-0.39, 0.29) is 0 Å². The number of piperidine rings is 1. The molecule has 29 heavy (non-hydrogen) atoms. The molecule has 0 atom stereocenters. The average molecular weight is 395 g/mol. The third kappa shape index (κ3) is 4.89. The SMILES string of the molecule is CC1(C)CCC(c2cc(N3CCCCC3)ccc2N2CCN(CC#N)CC2)CC1. The zero-order valence-electron chi connectivity index (χ0n) is 18.5. The molecule has 3 fully saturated rings. The molecule has 0 amide bonds. The molecule has 0 unspecified atom stereocenters. The van der Waals surface area contributed by atoms with E-state index in [4.69, 9.17) is 5.26 Å². The van der Waals surface area contributed by atoms with Gasteiger partial charge in [0.25, 0.3) is 0 Å². The third-order valence-corrected chi connectivity index (χ3v) is 7.52. The summed E-state index contributed by atoms with van der Waals surface area (Å²) < 4.78 is 0. The smallest absolute Gasteiger partial charge is 0.0867 e. The highest BCUT2D eigenvalue weighted by molar-refractivity contribution is 5.63. The minimum Gasteiger partial charge on any atom is -0.372 e. The summed E-state index contributed by atoms with van der Waals surface area (Å²) >= 11 is 0. The van der Waals surface area contributed by atoms with Crippen LogP contribution in [0.15, 0.2) is 18.2 Å². The lowest BCUT2D eigenvalue weighted by Gasteiger charge is -2.40. The molecule has 1 saturated carbocycles. The third-order valence-electron chi connectivity index (χ3n) is 7.52. The van der Waals surface area contributed by atoms with Crippen LogP contribution in [0.25, 0.3) is 0 Å². The summed E-state index contributed by atoms with van der Waals surface area (Å²) in [4.78, 5) is 7.47. The summed E-state index contributed by atoms with van der Waals surface area (Å²) in [7, 11) is 0. The van der Waals surface area contributed by atoms with Crippen LogP contribution < -0.4 is 9.80 Å². The van der Waals surface area contributed by atoms with Gasteiger partial charge in [-0.05, 0) is 80.0 Å². The Morgan fingerprint density at radius 1 is 0.931 bits per heavy atom. The normalized spacial score (nSPS) is 23.8. The second kappa shape index (κ2) is 8.96. The molecule has 0 N–H and O–H groups in total. The molecule has 2 heterocycles. The maximum absolute atomic E-state index is 9.00. The van der Waals surface area contributed by atoms with Crippen LogP contribution in [0.3, 0.4) is 0 Å². The highest BCUT2D eigenvalue weighted by Gasteiger charge is 2.30. The molecule has 2 saturated heterocycles. The van der Waals surface area contributed by atoms with Crippen molar-refractivity contribution in [2.75, 3.05) is 55.6 Å². The van der Waals surface area contributed by atoms with Gasteiger partial charge in [0.05, 0.1) is 12.6 Å². The van der Waals surface area contributed by atoms with Crippen molar-refractivity contribution >= 4 is 11.4 Å². The lowest BCUT2D eigenvalue weighted by atomic mass is 9.71. The Morgan fingerprint density at radius 3 is 2.28 bits per heavy atom. The standard InChI is InChI=1S/C25H38N4/c1-25(2)10-8-21(9-11-25)23-20-22(28-13-4-3-5-14-28)6-7-24(23)29-18-16-27(15-12-26)17-19-29/h6-7,20-21H,3-5,8-11,13-19H2,1-2H3. The Hall–Kier alpha value is -1.73. The zero-order chi connectivity index (χ0) is 20.3. The number of hydrogen-bond donors (Lipinski definition) is 0. The van der Waals surface area contributed by atoms with Crippen molar-refractivity contribution in [2.45, 2.75) is 64.7 Å². The molecule has 4 heteroatoms. The number of hydrogen-bond acceptors (Lipinski definition) is 4. The second-order valence-corrected chi connectivity index (χ2v) is 10.2. The van der Waals surface area contributed by atoms with Gasteiger partial charge in [-0.1, -0.05) is 13.8 Å². The maximum atomic E-state index is 9.00. The maximum Gasteiger partial charge on any atom is 0.0867 e. The van der Waals surface area contributed by atoms with Crippen molar-refractivity contribution in [3.05, 3.63) is 23.8 Å². The van der Waals surface area contributed by atoms with Crippen molar-refractivity contribution in [1.29, 1.82) is 5.26 Å². The van der Waals surface area contributed by atoms with Crippen LogP contribution in [-0.2, 0) is 0 Å². The van der Waals surface area contributed by atoms with Crippen LogP contribution in [0, 0.1) is 16.7 Å². The molecule has 0 spiro atoms. The molecule has 4 rings (SSSR count). The van der Waals surface area contributed by atoms with E-state index in [1.54, 1.807) is 5.56 Å². The van der Waals surface area contributed by atoms with E-state index in [0.717, 1.165) is 26.2 Å². The first kappa shape index (κ1) is 20.5. The van der Waals surface area contributed by atoms with E-state index < -0.39 is 0 Å². The molecule has 1 aromatic rings. The number of benzene rings is 1. The molecule has 2 aliphatic heterocycles. The Bertz CT molecular complexity index is 711. The average Bonchev–Trinajstić information content (AvgIpc) is 2.75. The Morgan fingerprint density at radius 2 is 1.62 bits per heavy atom. The molecular weight excluding hydrogens is 356 g/mol. The van der Waals surface area contributed by atoms with Gasteiger partial charge in [0.2, 0.25) is 0 Å². The van der Waals surface area contributed by atoms with Crippen LogP contribution in [0.4, 0.5) is 11.4 Å². The quantitative estimate of drug-likeness (QED) is 0.673. The van der Waals surface area contributed by atoms with Crippen molar-refractivity contribution in [3.63, 3.8) is 0 Å². The minimum atomic E-state index is 0.504. The highest BCUT2D eigenvalue weighted by Crippen LogP contribution is 2.45. The number of rotatable bonds is 4. The van der Waals surface area contributed by atoms with Gasteiger partial charge in [-0.2, -0.15) is 5.26 Å². The predicted molar refractivity (Wildman–Crippen MR) is 122 cm³/mol. The van der Waals surface area contributed by atoms with Crippen LogP contribution >= 0.6 is 0 Å². The van der Waals surface area contributed by atoms with Gasteiger partial charge < -0.3 is 9.80 Å². The van der Waals surface area contributed by atoms with Gasteiger partial charge in [0.15, 0.2) is 0 Å². The van der Waals surface area contributed by atoms with Crippen molar-refractivity contribution in [2.24, 2.45) is 5.41 Å². The summed E-state index contributed by atoms with van der Waals surface area (Å²) in [5, 5.41) is 9.00. The van der Waals surface area contributed by atoms with Gasteiger partial charge in [-0.3, -0.25) is 4.90 Å². The topological polar surface area (TPSA) is 33.5 Å². The van der Waals surface area contributed by atoms with Crippen molar-refractivity contribution < 1.29 is 0 Å². The van der Waals surface area contributed by atoms with Crippen molar-refractivity contribution in [1.82, 2.24) is 4.90 Å². The predicted octanol–water partition coefficient (Wildman–Crippen LogP) is 5.01. The van der Waals surface area contributed by atoms with E-state index in [1.165, 1.54) is 69.4 Å². The summed E-state index contributed by atoms with van der Waals surface area (Å²) in [6, 6.07) is 9.64. The molecule has 1 aromatic carbocycles. The lowest BCUT2D eigenvalue weighted by molar-refractivity contribution is 0.224. The molecule has 0 aromatic heterocycles.